The monoisotopic (exact) mass is 434 g/mol. The maximum atomic E-state index is 13.9. The number of anilines is 1. The van der Waals surface area contributed by atoms with Crippen LogP contribution in [0.25, 0.3) is 16.9 Å². The van der Waals surface area contributed by atoms with Crippen molar-refractivity contribution in [2.24, 2.45) is 0 Å². The van der Waals surface area contributed by atoms with Crippen molar-refractivity contribution in [3.63, 3.8) is 0 Å². The highest BCUT2D eigenvalue weighted by molar-refractivity contribution is 5.74. The molecule has 2 heterocycles. The van der Waals surface area contributed by atoms with Crippen LogP contribution in [0.3, 0.4) is 0 Å². The number of hydrogen-bond acceptors (Lipinski definition) is 4. The van der Waals surface area contributed by atoms with Crippen LogP contribution >= 0.6 is 0 Å². The van der Waals surface area contributed by atoms with Crippen molar-refractivity contribution < 1.29 is 40.3 Å². The number of nitrogens with one attached hydrogen (secondary N) is 1. The number of aromatic nitrogens is 3. The average Bonchev–Trinajstić information content (AvgIpc) is 3.03. The summed E-state index contributed by atoms with van der Waals surface area (Å²) in [5, 5.41) is 6.13. The van der Waals surface area contributed by atoms with Crippen LogP contribution in [0.1, 0.15) is 5.69 Å². The van der Waals surface area contributed by atoms with Crippen molar-refractivity contribution in [1.82, 2.24) is 14.8 Å². The lowest BCUT2D eigenvalue weighted by Crippen LogP contribution is -2.17. The third-order valence-electron chi connectivity index (χ3n) is 3.60. The molecule has 1 N–H and O–H groups in total. The highest BCUT2D eigenvalue weighted by Gasteiger charge is 2.33. The minimum Gasteiger partial charge on any atom is -0.406 e. The summed E-state index contributed by atoms with van der Waals surface area (Å²) in [6.07, 6.45) is -8.70. The first kappa shape index (κ1) is 21.1. The normalized spacial score (nSPS) is 12.0. The molecule has 30 heavy (non-hydrogen) atoms. The maximum Gasteiger partial charge on any atom is 0.573 e. The predicted molar refractivity (Wildman–Crippen MR) is 88.1 cm³/mol. The molecular weight excluding hydrogens is 425 g/mol. The van der Waals surface area contributed by atoms with Crippen LogP contribution in [-0.4, -0.2) is 27.5 Å². The van der Waals surface area contributed by atoms with E-state index in [0.29, 0.717) is 12.1 Å². The van der Waals surface area contributed by atoms with Gasteiger partial charge in [0.1, 0.15) is 17.3 Å². The number of benzene rings is 1. The van der Waals surface area contributed by atoms with Crippen molar-refractivity contribution in [1.29, 1.82) is 0 Å². The van der Waals surface area contributed by atoms with Crippen molar-refractivity contribution >= 4 is 12.2 Å². The molecule has 13 heteroatoms. The molecule has 6 nitrogen and oxygen atoms in total. The van der Waals surface area contributed by atoms with Crippen LogP contribution in [-0.2, 0) is 11.0 Å². The molecule has 3 aromatic rings. The number of halogens is 7. The summed E-state index contributed by atoms with van der Waals surface area (Å²) in [5.74, 6) is -2.03. The van der Waals surface area contributed by atoms with Gasteiger partial charge in [0, 0.05) is 17.7 Å². The zero-order chi connectivity index (χ0) is 22.1. The van der Waals surface area contributed by atoms with Gasteiger partial charge < -0.3 is 10.1 Å². The Morgan fingerprint density at radius 1 is 1.03 bits per heavy atom. The highest BCUT2D eigenvalue weighted by atomic mass is 19.4. The van der Waals surface area contributed by atoms with Crippen molar-refractivity contribution in [2.45, 2.75) is 12.5 Å². The fourth-order valence-electron chi connectivity index (χ4n) is 2.50. The zero-order valence-electron chi connectivity index (χ0n) is 14.4. The summed E-state index contributed by atoms with van der Waals surface area (Å²) in [6.45, 7) is 0. The zero-order valence-corrected chi connectivity index (χ0v) is 14.4. The Hall–Kier alpha value is -3.64. The van der Waals surface area contributed by atoms with Crippen LogP contribution in [0.5, 0.6) is 5.75 Å². The number of ether oxygens (including phenoxy) is 1. The van der Waals surface area contributed by atoms with Gasteiger partial charge in [0.05, 0.1) is 17.6 Å². The van der Waals surface area contributed by atoms with Crippen molar-refractivity contribution in [3.8, 4) is 22.7 Å². The molecule has 158 valence electrons. The lowest BCUT2D eigenvalue weighted by atomic mass is 10.1. The fraction of sp³-hybridized carbons (Fsp3) is 0.118. The van der Waals surface area contributed by atoms with Gasteiger partial charge in [-0.1, -0.05) is 0 Å². The molecule has 0 atom stereocenters. The van der Waals surface area contributed by atoms with E-state index in [4.69, 9.17) is 0 Å². The van der Waals surface area contributed by atoms with Crippen molar-refractivity contribution in [2.75, 3.05) is 5.32 Å². The predicted octanol–water partition coefficient (Wildman–Crippen LogP) is 4.56. The number of rotatable bonds is 5. The van der Waals surface area contributed by atoms with Gasteiger partial charge in [0.25, 0.3) is 0 Å². The van der Waals surface area contributed by atoms with Gasteiger partial charge in [-0.05, 0) is 24.3 Å². The Bertz CT molecular complexity index is 1060. The van der Waals surface area contributed by atoms with Gasteiger partial charge >= 0.3 is 12.5 Å². The SMILES string of the molecule is O=CNc1cc(-c2cc(F)cc(OC(F)(F)F)c2)n(-c2ccc(C(F)(F)F)nc2)n1. The Balaban J connectivity index is 2.11. The van der Waals surface area contributed by atoms with E-state index in [2.05, 4.69) is 20.1 Å². The second-order valence-electron chi connectivity index (χ2n) is 5.71. The van der Waals surface area contributed by atoms with E-state index in [1.165, 1.54) is 6.07 Å². The number of carbonyl (C=O) groups excluding carboxylic acids is 1. The molecule has 0 bridgehead atoms. The largest absolute Gasteiger partial charge is 0.573 e. The first-order valence-electron chi connectivity index (χ1n) is 7.87. The van der Waals surface area contributed by atoms with E-state index < -0.39 is 29.8 Å². The van der Waals surface area contributed by atoms with Gasteiger partial charge in [-0.15, -0.1) is 18.3 Å². The molecule has 1 amide bonds. The Morgan fingerprint density at radius 3 is 2.33 bits per heavy atom. The Kier molecular flexibility index (Phi) is 5.37. The molecule has 1 aromatic carbocycles. The molecule has 3 rings (SSSR count). The van der Waals surface area contributed by atoms with Crippen LogP contribution < -0.4 is 10.1 Å². The fourth-order valence-corrected chi connectivity index (χ4v) is 2.50. The Labute approximate surface area is 162 Å². The van der Waals surface area contributed by atoms with Crippen molar-refractivity contribution in [3.05, 3.63) is 54.1 Å². The third kappa shape index (κ3) is 4.85. The number of pyridine rings is 1. The molecule has 0 fully saturated rings. The maximum absolute atomic E-state index is 13.9. The molecule has 0 spiro atoms. The molecule has 0 unspecified atom stereocenters. The average molecular weight is 434 g/mol. The van der Waals surface area contributed by atoms with E-state index in [9.17, 15) is 35.5 Å². The van der Waals surface area contributed by atoms with E-state index in [1.54, 1.807) is 0 Å². The first-order valence-corrected chi connectivity index (χ1v) is 7.87. The number of hydrogen-bond donors (Lipinski definition) is 1. The number of amides is 1. The van der Waals surface area contributed by atoms with Crippen LogP contribution in [0.4, 0.5) is 36.6 Å². The number of nitrogens with zero attached hydrogens (tertiary/aromatic N) is 3. The minimum absolute atomic E-state index is 0.0282. The Morgan fingerprint density at radius 2 is 1.77 bits per heavy atom. The lowest BCUT2D eigenvalue weighted by Gasteiger charge is -2.12. The van der Waals surface area contributed by atoms with E-state index in [0.717, 1.165) is 29.1 Å². The van der Waals surface area contributed by atoms with Crippen LogP contribution in [0.2, 0.25) is 0 Å². The quantitative estimate of drug-likeness (QED) is 0.472. The molecular formula is C17H9F7N4O2. The van der Waals surface area contributed by atoms with Gasteiger partial charge in [-0.2, -0.15) is 13.2 Å². The summed E-state index contributed by atoms with van der Waals surface area (Å²) in [7, 11) is 0. The number of alkyl halides is 6. The molecule has 0 aliphatic rings. The minimum atomic E-state index is -5.08. The second kappa shape index (κ2) is 7.65. The van der Waals surface area contributed by atoms with Crippen LogP contribution in [0.15, 0.2) is 42.6 Å². The first-order chi connectivity index (χ1) is 14.0. The third-order valence-corrected chi connectivity index (χ3v) is 3.60. The van der Waals surface area contributed by atoms with Gasteiger partial charge in [-0.3, -0.25) is 4.79 Å². The molecule has 0 saturated carbocycles. The van der Waals surface area contributed by atoms with Crippen LogP contribution in [0, 0.1) is 5.82 Å². The molecule has 2 aromatic heterocycles. The molecule has 0 radical (unpaired) electrons. The summed E-state index contributed by atoms with van der Waals surface area (Å²) < 4.78 is 94.1. The molecule has 0 saturated heterocycles. The van der Waals surface area contributed by atoms with Gasteiger partial charge in [-0.25, -0.2) is 14.1 Å². The number of carbonyl (C=O) groups is 1. The standard InChI is InChI=1S/C17H9F7N4O2/c18-10-3-9(4-12(5-10)30-17(22,23)24)13-6-15(26-8-29)27-28(13)11-1-2-14(25-7-11)16(19,20)21/h1-8H,(H,26,27,29). The molecule has 0 aliphatic carbocycles. The second-order valence-corrected chi connectivity index (χ2v) is 5.71. The summed E-state index contributed by atoms with van der Waals surface area (Å²) >= 11 is 0. The summed E-state index contributed by atoms with van der Waals surface area (Å²) in [4.78, 5) is 14.0. The smallest absolute Gasteiger partial charge is 0.406 e. The lowest BCUT2D eigenvalue weighted by molar-refractivity contribution is -0.274. The van der Waals surface area contributed by atoms with E-state index >= 15 is 0 Å². The summed E-state index contributed by atoms with van der Waals surface area (Å²) in [6, 6.07) is 5.06. The molecule has 0 aliphatic heterocycles. The van der Waals surface area contributed by atoms with Gasteiger partial charge in [0.2, 0.25) is 6.41 Å². The summed E-state index contributed by atoms with van der Waals surface area (Å²) in [5.41, 5.74) is -1.41. The topological polar surface area (TPSA) is 69.0 Å². The van der Waals surface area contributed by atoms with Gasteiger partial charge in [0.15, 0.2) is 5.82 Å². The van der Waals surface area contributed by atoms with E-state index in [-0.39, 0.29) is 29.2 Å². The highest BCUT2D eigenvalue weighted by Crippen LogP contribution is 2.33. The van der Waals surface area contributed by atoms with E-state index in [1.807, 2.05) is 0 Å².